The van der Waals surface area contributed by atoms with Gasteiger partial charge in [-0.3, -0.25) is 14.7 Å². The number of rotatable bonds is 7. The van der Waals surface area contributed by atoms with Crippen molar-refractivity contribution >= 4 is 11.9 Å². The third-order valence-corrected chi connectivity index (χ3v) is 6.07. The van der Waals surface area contributed by atoms with Gasteiger partial charge in [0.05, 0.1) is 6.54 Å². The normalized spacial score (nSPS) is 23.8. The van der Waals surface area contributed by atoms with Crippen LogP contribution >= 0.6 is 0 Å². The van der Waals surface area contributed by atoms with Crippen molar-refractivity contribution in [2.45, 2.75) is 58.0 Å². The molecule has 1 aromatic rings. The van der Waals surface area contributed by atoms with E-state index in [1.165, 1.54) is 24.8 Å². The lowest BCUT2D eigenvalue weighted by molar-refractivity contribution is -0.119. The second kappa shape index (κ2) is 11.2. The molecule has 2 unspecified atom stereocenters. The average Bonchev–Trinajstić information content (AvgIpc) is 2.72. The Labute approximate surface area is 175 Å². The average molecular weight is 400 g/mol. The van der Waals surface area contributed by atoms with Gasteiger partial charge < -0.3 is 16.0 Å². The van der Waals surface area contributed by atoms with Gasteiger partial charge in [-0.1, -0.05) is 36.8 Å². The quantitative estimate of drug-likeness (QED) is 0.546. The van der Waals surface area contributed by atoms with Crippen molar-refractivity contribution in [2.75, 3.05) is 32.7 Å². The van der Waals surface area contributed by atoms with Crippen LogP contribution in [-0.4, -0.2) is 60.4 Å². The number of likely N-dealkylation sites (tertiary alicyclic amines) is 2. The smallest absolute Gasteiger partial charge is 0.217 e. The van der Waals surface area contributed by atoms with Gasteiger partial charge in [0.15, 0.2) is 5.96 Å². The Morgan fingerprint density at radius 2 is 2.00 bits per heavy atom. The van der Waals surface area contributed by atoms with Gasteiger partial charge in [0.1, 0.15) is 0 Å². The summed E-state index contributed by atoms with van der Waals surface area (Å²) in [5, 5.41) is 3.47. The monoisotopic (exact) mass is 399 g/mol. The Bertz CT molecular complexity index is 662. The molecule has 0 aromatic heterocycles. The topological polar surface area (TPSA) is 74.0 Å². The maximum atomic E-state index is 11.3. The van der Waals surface area contributed by atoms with Crippen molar-refractivity contribution in [3.8, 4) is 0 Å². The first-order valence-corrected chi connectivity index (χ1v) is 11.2. The Balaban J connectivity index is 1.63. The molecule has 1 amide bonds. The number of nitrogens with two attached hydrogens (primary N) is 1. The molecule has 0 radical (unpaired) electrons. The van der Waals surface area contributed by atoms with Gasteiger partial charge in [-0.25, -0.2) is 0 Å². The molecule has 1 aromatic carbocycles. The summed E-state index contributed by atoms with van der Waals surface area (Å²) in [5.74, 6) is 1.14. The van der Waals surface area contributed by atoms with Crippen LogP contribution in [0.5, 0.6) is 0 Å². The number of piperidine rings is 2. The molecule has 3 rings (SSSR count). The van der Waals surface area contributed by atoms with E-state index < -0.39 is 0 Å². The summed E-state index contributed by atoms with van der Waals surface area (Å²) in [5.41, 5.74) is 6.80. The SMILES string of the molecule is CCNC(=NCC1CCCCN1Cc1ccccc1)N1CCCC(CC(N)=O)C1. The van der Waals surface area contributed by atoms with Gasteiger partial charge in [-0.05, 0) is 50.6 Å². The summed E-state index contributed by atoms with van der Waals surface area (Å²) in [4.78, 5) is 21.3. The summed E-state index contributed by atoms with van der Waals surface area (Å²) in [6.45, 7) is 7.81. The van der Waals surface area contributed by atoms with Crippen molar-refractivity contribution in [2.24, 2.45) is 16.6 Å². The molecule has 6 nitrogen and oxygen atoms in total. The predicted octanol–water partition coefficient (Wildman–Crippen LogP) is 2.59. The number of amides is 1. The molecule has 2 saturated heterocycles. The lowest BCUT2D eigenvalue weighted by Gasteiger charge is -2.37. The number of aliphatic imine (C=N–C) groups is 1. The molecule has 2 heterocycles. The molecule has 6 heteroatoms. The zero-order valence-corrected chi connectivity index (χ0v) is 17.9. The van der Waals surface area contributed by atoms with E-state index in [0.717, 1.165) is 58.1 Å². The molecule has 0 saturated carbocycles. The lowest BCUT2D eigenvalue weighted by Crippen LogP contribution is -2.48. The van der Waals surface area contributed by atoms with Gasteiger partial charge >= 0.3 is 0 Å². The summed E-state index contributed by atoms with van der Waals surface area (Å²) in [7, 11) is 0. The van der Waals surface area contributed by atoms with Crippen LogP contribution in [0.25, 0.3) is 0 Å². The standard InChI is InChI=1S/C23H37N5O/c1-2-25-23(28-14-8-11-20(18-28)15-22(24)29)26-16-21-12-6-7-13-27(21)17-19-9-4-3-5-10-19/h3-5,9-10,20-21H,2,6-8,11-18H2,1H3,(H2,24,29)(H,25,26). The van der Waals surface area contributed by atoms with Crippen LogP contribution in [0, 0.1) is 5.92 Å². The molecule has 2 atom stereocenters. The maximum Gasteiger partial charge on any atom is 0.217 e. The molecule has 0 bridgehead atoms. The van der Waals surface area contributed by atoms with Crippen LogP contribution in [0.1, 0.15) is 51.0 Å². The van der Waals surface area contributed by atoms with Gasteiger partial charge in [-0.2, -0.15) is 0 Å². The number of carbonyl (C=O) groups excluding carboxylic acids is 1. The molecule has 29 heavy (non-hydrogen) atoms. The van der Waals surface area contributed by atoms with E-state index in [1.807, 2.05) is 0 Å². The van der Waals surface area contributed by atoms with Crippen LogP contribution in [0.4, 0.5) is 0 Å². The molecule has 2 aliphatic heterocycles. The highest BCUT2D eigenvalue weighted by molar-refractivity contribution is 5.80. The first-order chi connectivity index (χ1) is 14.2. The minimum absolute atomic E-state index is 0.197. The molecule has 3 N–H and O–H groups in total. The highest BCUT2D eigenvalue weighted by atomic mass is 16.1. The van der Waals surface area contributed by atoms with E-state index in [9.17, 15) is 4.79 Å². The third kappa shape index (κ3) is 6.74. The number of guanidine groups is 1. The number of benzene rings is 1. The number of nitrogens with one attached hydrogen (secondary N) is 1. The first-order valence-electron chi connectivity index (χ1n) is 11.2. The minimum atomic E-state index is -0.197. The molecule has 2 fully saturated rings. The summed E-state index contributed by atoms with van der Waals surface area (Å²) in [6, 6.07) is 11.2. The van der Waals surface area contributed by atoms with E-state index in [2.05, 4.69) is 52.4 Å². The van der Waals surface area contributed by atoms with E-state index in [4.69, 9.17) is 10.7 Å². The van der Waals surface area contributed by atoms with Gasteiger partial charge in [-0.15, -0.1) is 0 Å². The zero-order valence-electron chi connectivity index (χ0n) is 17.9. The molecular formula is C23H37N5O. The van der Waals surface area contributed by atoms with E-state index in [1.54, 1.807) is 0 Å². The summed E-state index contributed by atoms with van der Waals surface area (Å²) in [6.07, 6.45) is 6.40. The largest absolute Gasteiger partial charge is 0.370 e. The lowest BCUT2D eigenvalue weighted by atomic mass is 9.95. The fourth-order valence-corrected chi connectivity index (χ4v) is 4.62. The van der Waals surface area contributed by atoms with Crippen LogP contribution in [-0.2, 0) is 11.3 Å². The molecule has 160 valence electrons. The summed E-state index contributed by atoms with van der Waals surface area (Å²) < 4.78 is 0. The fourth-order valence-electron chi connectivity index (χ4n) is 4.62. The first kappa shape index (κ1) is 21.6. The Morgan fingerprint density at radius 3 is 2.76 bits per heavy atom. The molecule has 2 aliphatic rings. The van der Waals surface area contributed by atoms with E-state index in [0.29, 0.717) is 18.4 Å². The predicted molar refractivity (Wildman–Crippen MR) is 119 cm³/mol. The van der Waals surface area contributed by atoms with Crippen LogP contribution in [0.2, 0.25) is 0 Å². The van der Waals surface area contributed by atoms with Crippen molar-refractivity contribution in [1.82, 2.24) is 15.1 Å². The Morgan fingerprint density at radius 1 is 1.17 bits per heavy atom. The molecule has 0 spiro atoms. The number of hydrogen-bond donors (Lipinski definition) is 2. The van der Waals surface area contributed by atoms with Crippen molar-refractivity contribution in [3.63, 3.8) is 0 Å². The van der Waals surface area contributed by atoms with E-state index in [-0.39, 0.29) is 5.91 Å². The number of carbonyl (C=O) groups is 1. The number of nitrogens with zero attached hydrogens (tertiary/aromatic N) is 3. The van der Waals surface area contributed by atoms with Crippen molar-refractivity contribution < 1.29 is 4.79 Å². The van der Waals surface area contributed by atoms with Crippen molar-refractivity contribution in [1.29, 1.82) is 0 Å². The number of primary amides is 1. The highest BCUT2D eigenvalue weighted by Gasteiger charge is 2.25. The number of hydrogen-bond acceptors (Lipinski definition) is 3. The summed E-state index contributed by atoms with van der Waals surface area (Å²) >= 11 is 0. The van der Waals surface area contributed by atoms with Gasteiger partial charge in [0, 0.05) is 38.6 Å². The van der Waals surface area contributed by atoms with Crippen LogP contribution in [0.3, 0.4) is 0 Å². The molecule has 0 aliphatic carbocycles. The van der Waals surface area contributed by atoms with Gasteiger partial charge in [0.25, 0.3) is 0 Å². The fraction of sp³-hybridized carbons (Fsp3) is 0.652. The van der Waals surface area contributed by atoms with Crippen LogP contribution < -0.4 is 11.1 Å². The van der Waals surface area contributed by atoms with E-state index >= 15 is 0 Å². The van der Waals surface area contributed by atoms with Gasteiger partial charge in [0.2, 0.25) is 5.91 Å². The van der Waals surface area contributed by atoms with Crippen LogP contribution in [0.15, 0.2) is 35.3 Å². The highest BCUT2D eigenvalue weighted by Crippen LogP contribution is 2.22. The third-order valence-electron chi connectivity index (χ3n) is 6.07. The molecular weight excluding hydrogens is 362 g/mol. The Kier molecular flexibility index (Phi) is 8.35. The maximum absolute atomic E-state index is 11.3. The second-order valence-electron chi connectivity index (χ2n) is 8.43. The second-order valence-corrected chi connectivity index (χ2v) is 8.43. The zero-order chi connectivity index (χ0) is 20.5. The Hall–Kier alpha value is -2.08. The van der Waals surface area contributed by atoms with Crippen molar-refractivity contribution in [3.05, 3.63) is 35.9 Å². The minimum Gasteiger partial charge on any atom is -0.370 e.